The molecule has 4 rings (SSSR count). The number of nitriles is 1. The monoisotopic (exact) mass is 393 g/mol. The first-order chi connectivity index (χ1) is 13.6. The van der Waals surface area contributed by atoms with Gasteiger partial charge in [0.1, 0.15) is 4.70 Å². The van der Waals surface area contributed by atoms with E-state index >= 15 is 0 Å². The Hall–Kier alpha value is -2.69. The molecular formula is C21H23N5OS. The molecule has 0 aliphatic carbocycles. The van der Waals surface area contributed by atoms with Gasteiger partial charge in [-0.05, 0) is 41.8 Å². The van der Waals surface area contributed by atoms with Crippen molar-refractivity contribution in [3.63, 3.8) is 0 Å². The number of thiophene rings is 1. The van der Waals surface area contributed by atoms with Crippen LogP contribution in [-0.4, -0.2) is 28.7 Å². The predicted molar refractivity (Wildman–Crippen MR) is 113 cm³/mol. The minimum atomic E-state index is -0.0448. The maximum atomic E-state index is 13.4. The zero-order chi connectivity index (χ0) is 19.7. The van der Waals surface area contributed by atoms with Crippen LogP contribution in [0.15, 0.2) is 34.4 Å². The molecule has 0 bridgehead atoms. The SMILES string of the molecule is CCc1csc2c(=O)n(Cc3ccccc3C#N)c(N3CCCC(N)C3)nc12. The highest BCUT2D eigenvalue weighted by molar-refractivity contribution is 7.17. The Labute approximate surface area is 167 Å². The van der Waals surface area contributed by atoms with Crippen molar-refractivity contribution in [3.8, 4) is 6.07 Å². The molecule has 1 atom stereocenters. The lowest BCUT2D eigenvalue weighted by atomic mass is 10.1. The number of aryl methyl sites for hydroxylation is 1. The van der Waals surface area contributed by atoms with Gasteiger partial charge < -0.3 is 10.6 Å². The smallest absolute Gasteiger partial charge is 0.273 e. The van der Waals surface area contributed by atoms with Gasteiger partial charge in [0.2, 0.25) is 5.95 Å². The lowest BCUT2D eigenvalue weighted by Crippen LogP contribution is -2.45. The molecule has 1 aliphatic heterocycles. The van der Waals surface area contributed by atoms with Crippen LogP contribution in [-0.2, 0) is 13.0 Å². The van der Waals surface area contributed by atoms with Crippen LogP contribution in [0.5, 0.6) is 0 Å². The van der Waals surface area contributed by atoms with Crippen LogP contribution in [0.4, 0.5) is 5.95 Å². The van der Waals surface area contributed by atoms with Crippen molar-refractivity contribution >= 4 is 27.5 Å². The molecule has 1 fully saturated rings. The van der Waals surface area contributed by atoms with Crippen LogP contribution in [0.1, 0.15) is 36.5 Å². The summed E-state index contributed by atoms with van der Waals surface area (Å²) >= 11 is 1.45. The summed E-state index contributed by atoms with van der Waals surface area (Å²) in [5, 5.41) is 11.5. The van der Waals surface area contributed by atoms with Crippen LogP contribution < -0.4 is 16.2 Å². The second kappa shape index (κ2) is 7.74. The van der Waals surface area contributed by atoms with E-state index in [-0.39, 0.29) is 11.6 Å². The third kappa shape index (κ3) is 3.30. The molecule has 0 spiro atoms. The Morgan fingerprint density at radius 3 is 2.93 bits per heavy atom. The molecule has 1 aliphatic rings. The van der Waals surface area contributed by atoms with Gasteiger partial charge in [0.05, 0.1) is 23.7 Å². The van der Waals surface area contributed by atoms with E-state index in [1.54, 1.807) is 10.6 Å². The van der Waals surface area contributed by atoms with E-state index < -0.39 is 0 Å². The van der Waals surface area contributed by atoms with Crippen molar-refractivity contribution < 1.29 is 0 Å². The molecule has 0 radical (unpaired) electrons. The van der Waals surface area contributed by atoms with Crippen LogP contribution >= 0.6 is 11.3 Å². The molecule has 1 saturated heterocycles. The van der Waals surface area contributed by atoms with Crippen molar-refractivity contribution in [2.24, 2.45) is 5.73 Å². The van der Waals surface area contributed by atoms with E-state index in [1.807, 2.05) is 23.6 Å². The lowest BCUT2D eigenvalue weighted by molar-refractivity contribution is 0.492. The minimum absolute atomic E-state index is 0.0448. The number of nitrogens with two attached hydrogens (primary N) is 1. The molecule has 3 aromatic rings. The number of hydrogen-bond donors (Lipinski definition) is 1. The predicted octanol–water partition coefficient (Wildman–Crippen LogP) is 2.87. The Morgan fingerprint density at radius 2 is 2.18 bits per heavy atom. The molecular weight excluding hydrogens is 370 g/mol. The Kier molecular flexibility index (Phi) is 5.16. The van der Waals surface area contributed by atoms with Crippen LogP contribution in [0.2, 0.25) is 0 Å². The van der Waals surface area contributed by atoms with Crippen LogP contribution in [0, 0.1) is 11.3 Å². The van der Waals surface area contributed by atoms with Crippen LogP contribution in [0.3, 0.4) is 0 Å². The zero-order valence-electron chi connectivity index (χ0n) is 15.9. The first-order valence-corrected chi connectivity index (χ1v) is 10.5. The summed E-state index contributed by atoms with van der Waals surface area (Å²) in [6.07, 6.45) is 2.81. The summed E-state index contributed by atoms with van der Waals surface area (Å²) < 4.78 is 2.39. The normalized spacial score (nSPS) is 17.0. The van der Waals surface area contributed by atoms with E-state index in [2.05, 4.69) is 17.9 Å². The highest BCUT2D eigenvalue weighted by atomic mass is 32.1. The van der Waals surface area contributed by atoms with Crippen molar-refractivity contribution in [1.82, 2.24) is 9.55 Å². The summed E-state index contributed by atoms with van der Waals surface area (Å²) in [5.41, 5.74) is 9.46. The molecule has 28 heavy (non-hydrogen) atoms. The van der Waals surface area contributed by atoms with Crippen molar-refractivity contribution in [1.29, 1.82) is 5.26 Å². The number of piperidine rings is 1. The first kappa shape index (κ1) is 18.7. The molecule has 1 aromatic carbocycles. The molecule has 3 heterocycles. The summed E-state index contributed by atoms with van der Waals surface area (Å²) in [6.45, 7) is 3.92. The summed E-state index contributed by atoms with van der Waals surface area (Å²) in [7, 11) is 0. The van der Waals surface area contributed by atoms with Gasteiger partial charge in [-0.3, -0.25) is 9.36 Å². The van der Waals surface area contributed by atoms with Crippen molar-refractivity contribution in [3.05, 3.63) is 56.7 Å². The third-order valence-corrected chi connectivity index (χ3v) is 6.32. The van der Waals surface area contributed by atoms with E-state index in [9.17, 15) is 10.1 Å². The van der Waals surface area contributed by atoms with Gasteiger partial charge >= 0.3 is 0 Å². The number of hydrogen-bond acceptors (Lipinski definition) is 6. The van der Waals surface area contributed by atoms with Gasteiger partial charge in [0, 0.05) is 19.1 Å². The molecule has 144 valence electrons. The number of nitrogens with zero attached hydrogens (tertiary/aromatic N) is 4. The van der Waals surface area contributed by atoms with Gasteiger partial charge in [-0.15, -0.1) is 11.3 Å². The molecule has 2 N–H and O–H groups in total. The van der Waals surface area contributed by atoms with E-state index in [0.717, 1.165) is 42.5 Å². The highest BCUT2D eigenvalue weighted by Crippen LogP contribution is 2.26. The molecule has 0 saturated carbocycles. The van der Waals surface area contributed by atoms with E-state index in [1.165, 1.54) is 11.3 Å². The number of fused-ring (bicyclic) bond motifs is 1. The standard InChI is InChI=1S/C21H23N5OS/c1-2-14-13-28-19-18(14)24-21(25-9-5-8-17(23)12-25)26(20(19)27)11-16-7-4-3-6-15(16)10-22/h3-4,6-7,13,17H,2,5,8-9,11-12,23H2,1H3. The van der Waals surface area contributed by atoms with Gasteiger partial charge in [0.25, 0.3) is 5.56 Å². The second-order valence-electron chi connectivity index (χ2n) is 7.21. The van der Waals surface area contributed by atoms with Gasteiger partial charge in [0.15, 0.2) is 0 Å². The fourth-order valence-corrected chi connectivity index (χ4v) is 4.84. The molecule has 7 heteroatoms. The van der Waals surface area contributed by atoms with Gasteiger partial charge in [-0.2, -0.15) is 5.26 Å². The Balaban J connectivity index is 1.90. The number of aromatic nitrogens is 2. The fraction of sp³-hybridized carbons (Fsp3) is 0.381. The average Bonchev–Trinajstić information content (AvgIpc) is 3.13. The number of rotatable bonds is 4. The fourth-order valence-electron chi connectivity index (χ4n) is 3.80. The van der Waals surface area contributed by atoms with Crippen molar-refractivity contribution in [2.45, 2.75) is 38.8 Å². The lowest BCUT2D eigenvalue weighted by Gasteiger charge is -2.33. The molecule has 6 nitrogen and oxygen atoms in total. The summed E-state index contributed by atoms with van der Waals surface area (Å²) in [4.78, 5) is 20.5. The first-order valence-electron chi connectivity index (χ1n) is 9.61. The topological polar surface area (TPSA) is 87.9 Å². The van der Waals surface area contributed by atoms with Crippen molar-refractivity contribution in [2.75, 3.05) is 18.0 Å². The van der Waals surface area contributed by atoms with Crippen LogP contribution in [0.25, 0.3) is 10.2 Å². The van der Waals surface area contributed by atoms with E-state index in [0.29, 0.717) is 29.3 Å². The number of anilines is 1. The maximum Gasteiger partial charge on any atom is 0.273 e. The minimum Gasteiger partial charge on any atom is -0.341 e. The highest BCUT2D eigenvalue weighted by Gasteiger charge is 2.24. The Bertz CT molecular complexity index is 1110. The zero-order valence-corrected chi connectivity index (χ0v) is 16.7. The second-order valence-corrected chi connectivity index (χ2v) is 8.09. The third-order valence-electron chi connectivity index (χ3n) is 5.32. The largest absolute Gasteiger partial charge is 0.341 e. The maximum absolute atomic E-state index is 13.4. The summed E-state index contributed by atoms with van der Waals surface area (Å²) in [6, 6.07) is 9.71. The van der Waals surface area contributed by atoms with E-state index in [4.69, 9.17) is 10.7 Å². The van der Waals surface area contributed by atoms with Gasteiger partial charge in [-0.25, -0.2) is 4.98 Å². The molecule has 1 unspecified atom stereocenters. The van der Waals surface area contributed by atoms with Gasteiger partial charge in [-0.1, -0.05) is 25.1 Å². The average molecular weight is 394 g/mol. The molecule has 0 amide bonds. The molecule has 2 aromatic heterocycles. The number of benzene rings is 1. The quantitative estimate of drug-likeness (QED) is 0.736. The summed E-state index contributed by atoms with van der Waals surface area (Å²) in [5.74, 6) is 0.661. The Morgan fingerprint density at radius 1 is 1.36 bits per heavy atom.